The number of carbonyl (C=O) groups is 1. The van der Waals surface area contributed by atoms with E-state index in [1.165, 1.54) is 0 Å². The zero-order valence-corrected chi connectivity index (χ0v) is 10.8. The van der Waals surface area contributed by atoms with E-state index in [0.717, 1.165) is 6.42 Å². The highest BCUT2D eigenvalue weighted by Gasteiger charge is 2.32. The number of morpholine rings is 1. The quantitative estimate of drug-likeness (QED) is 0.873. The van der Waals surface area contributed by atoms with Crippen molar-refractivity contribution >= 4 is 11.8 Å². The number of ether oxygens (including phenoxy) is 1. The minimum Gasteiger partial charge on any atom is -0.372 e. The molecule has 1 aliphatic rings. The standard InChI is InChI=1S/C13H19N3O2/c1-3-13(2)10-16(8-9-18-13)12(17)15-11-6-4-5-7-14-11/h4-7H,3,8-10H2,1-2H3,(H,14,15,17)/t13-/m0/s1. The van der Waals surface area contributed by atoms with Gasteiger partial charge in [-0.2, -0.15) is 0 Å². The van der Waals surface area contributed by atoms with Crippen LogP contribution in [0, 0.1) is 0 Å². The van der Waals surface area contributed by atoms with E-state index in [4.69, 9.17) is 4.74 Å². The Morgan fingerprint density at radius 3 is 3.11 bits per heavy atom. The van der Waals surface area contributed by atoms with E-state index in [1.54, 1.807) is 17.2 Å². The predicted octanol–water partition coefficient (Wildman–Crippen LogP) is 2.11. The fraction of sp³-hybridized carbons (Fsp3) is 0.538. The van der Waals surface area contributed by atoms with Crippen LogP contribution in [-0.2, 0) is 4.74 Å². The average Bonchev–Trinajstić information content (AvgIpc) is 2.40. The first-order valence-corrected chi connectivity index (χ1v) is 6.24. The highest BCUT2D eigenvalue weighted by Crippen LogP contribution is 2.21. The molecule has 2 amide bonds. The molecule has 0 spiro atoms. The molecule has 0 saturated carbocycles. The van der Waals surface area contributed by atoms with Crippen molar-refractivity contribution in [3.63, 3.8) is 0 Å². The maximum atomic E-state index is 12.1. The van der Waals surface area contributed by atoms with Crippen molar-refractivity contribution in [1.82, 2.24) is 9.88 Å². The molecule has 1 aliphatic heterocycles. The Morgan fingerprint density at radius 2 is 2.44 bits per heavy atom. The summed E-state index contributed by atoms with van der Waals surface area (Å²) in [7, 11) is 0. The summed E-state index contributed by atoms with van der Waals surface area (Å²) in [6, 6.07) is 5.32. The van der Waals surface area contributed by atoms with E-state index >= 15 is 0 Å². The second-order valence-electron chi connectivity index (χ2n) is 4.72. The lowest BCUT2D eigenvalue weighted by atomic mass is 10.0. The molecular formula is C13H19N3O2. The number of nitrogens with zero attached hydrogens (tertiary/aromatic N) is 2. The first kappa shape index (κ1) is 12.8. The Labute approximate surface area is 107 Å². The van der Waals surface area contributed by atoms with Crippen LogP contribution in [-0.4, -0.2) is 41.2 Å². The Morgan fingerprint density at radius 1 is 1.61 bits per heavy atom. The van der Waals surface area contributed by atoms with E-state index in [1.807, 2.05) is 19.1 Å². The van der Waals surface area contributed by atoms with Crippen LogP contribution < -0.4 is 5.32 Å². The van der Waals surface area contributed by atoms with E-state index in [-0.39, 0.29) is 11.6 Å². The van der Waals surface area contributed by atoms with E-state index in [9.17, 15) is 4.79 Å². The first-order chi connectivity index (χ1) is 8.63. The molecule has 1 aromatic rings. The fourth-order valence-electron chi connectivity index (χ4n) is 1.94. The molecule has 1 saturated heterocycles. The van der Waals surface area contributed by atoms with Gasteiger partial charge in [-0.05, 0) is 25.5 Å². The second-order valence-corrected chi connectivity index (χ2v) is 4.72. The summed E-state index contributed by atoms with van der Waals surface area (Å²) < 4.78 is 5.71. The molecule has 5 nitrogen and oxygen atoms in total. The summed E-state index contributed by atoms with van der Waals surface area (Å²) in [6.07, 6.45) is 2.55. The largest absolute Gasteiger partial charge is 0.372 e. The van der Waals surface area contributed by atoms with E-state index < -0.39 is 0 Å². The number of rotatable bonds is 2. The van der Waals surface area contributed by atoms with Crippen LogP contribution in [0.1, 0.15) is 20.3 Å². The Kier molecular flexibility index (Phi) is 3.81. The maximum Gasteiger partial charge on any atom is 0.323 e. The average molecular weight is 249 g/mol. The summed E-state index contributed by atoms with van der Waals surface area (Å²) in [5, 5.41) is 2.79. The van der Waals surface area contributed by atoms with Crippen molar-refractivity contribution in [2.75, 3.05) is 25.0 Å². The van der Waals surface area contributed by atoms with Crippen LogP contribution in [0.2, 0.25) is 0 Å². The van der Waals surface area contributed by atoms with Crippen LogP contribution >= 0.6 is 0 Å². The van der Waals surface area contributed by atoms with Gasteiger partial charge in [0.15, 0.2) is 0 Å². The van der Waals surface area contributed by atoms with Gasteiger partial charge in [0.2, 0.25) is 0 Å². The number of hydrogen-bond acceptors (Lipinski definition) is 3. The Balaban J connectivity index is 1.97. The summed E-state index contributed by atoms with van der Waals surface area (Å²) in [6.45, 7) is 5.92. The number of pyridine rings is 1. The third kappa shape index (κ3) is 2.98. The number of amides is 2. The zero-order chi connectivity index (χ0) is 13.0. The maximum absolute atomic E-state index is 12.1. The highest BCUT2D eigenvalue weighted by atomic mass is 16.5. The predicted molar refractivity (Wildman–Crippen MR) is 69.5 cm³/mol. The molecule has 1 atom stereocenters. The van der Waals surface area contributed by atoms with Crippen LogP contribution in [0.4, 0.5) is 10.6 Å². The third-order valence-corrected chi connectivity index (χ3v) is 3.27. The molecule has 2 heterocycles. The molecule has 18 heavy (non-hydrogen) atoms. The number of urea groups is 1. The molecular weight excluding hydrogens is 230 g/mol. The summed E-state index contributed by atoms with van der Waals surface area (Å²) in [5.41, 5.74) is -0.236. The van der Waals surface area contributed by atoms with Gasteiger partial charge in [0.1, 0.15) is 5.82 Å². The van der Waals surface area contributed by atoms with Crippen molar-refractivity contribution in [1.29, 1.82) is 0 Å². The minimum absolute atomic E-state index is 0.114. The lowest BCUT2D eigenvalue weighted by molar-refractivity contribution is -0.0860. The molecule has 98 valence electrons. The lowest BCUT2D eigenvalue weighted by Gasteiger charge is -2.39. The smallest absolute Gasteiger partial charge is 0.323 e. The number of carbonyl (C=O) groups excluding carboxylic acids is 1. The second kappa shape index (κ2) is 5.35. The monoisotopic (exact) mass is 249 g/mol. The van der Waals surface area contributed by atoms with E-state index in [2.05, 4.69) is 17.2 Å². The van der Waals surface area contributed by atoms with Crippen LogP contribution in [0.3, 0.4) is 0 Å². The van der Waals surface area contributed by atoms with Gasteiger partial charge in [-0.1, -0.05) is 13.0 Å². The molecule has 0 aromatic carbocycles. The molecule has 0 aliphatic carbocycles. The SMILES string of the molecule is CC[C@@]1(C)CN(C(=O)Nc2ccccn2)CCO1. The fourth-order valence-corrected chi connectivity index (χ4v) is 1.94. The first-order valence-electron chi connectivity index (χ1n) is 6.24. The Hall–Kier alpha value is -1.62. The topological polar surface area (TPSA) is 54.5 Å². The zero-order valence-electron chi connectivity index (χ0n) is 10.8. The molecule has 2 rings (SSSR count). The summed E-state index contributed by atoms with van der Waals surface area (Å²) in [5.74, 6) is 0.576. The summed E-state index contributed by atoms with van der Waals surface area (Å²) in [4.78, 5) is 18.0. The van der Waals surface area contributed by atoms with Gasteiger partial charge in [-0.3, -0.25) is 5.32 Å². The third-order valence-electron chi connectivity index (χ3n) is 3.27. The number of aromatic nitrogens is 1. The van der Waals surface area contributed by atoms with Crippen molar-refractivity contribution in [2.45, 2.75) is 25.9 Å². The molecule has 1 fully saturated rings. The number of hydrogen-bond donors (Lipinski definition) is 1. The van der Waals surface area contributed by atoms with Gasteiger partial charge in [-0.15, -0.1) is 0 Å². The highest BCUT2D eigenvalue weighted by molar-refractivity contribution is 5.88. The van der Waals surface area contributed by atoms with Gasteiger partial charge >= 0.3 is 6.03 Å². The normalized spacial score (nSPS) is 23.8. The van der Waals surface area contributed by atoms with Crippen LogP contribution in [0.5, 0.6) is 0 Å². The number of nitrogens with one attached hydrogen (secondary N) is 1. The van der Waals surface area contributed by atoms with Crippen molar-refractivity contribution in [3.8, 4) is 0 Å². The molecule has 1 N–H and O–H groups in total. The van der Waals surface area contributed by atoms with Gasteiger partial charge in [-0.25, -0.2) is 9.78 Å². The van der Waals surface area contributed by atoms with Crippen LogP contribution in [0.25, 0.3) is 0 Å². The minimum atomic E-state index is -0.236. The van der Waals surface area contributed by atoms with Crippen molar-refractivity contribution < 1.29 is 9.53 Å². The van der Waals surface area contributed by atoms with Crippen LogP contribution in [0.15, 0.2) is 24.4 Å². The van der Waals surface area contributed by atoms with Gasteiger partial charge in [0.05, 0.1) is 18.8 Å². The molecule has 5 heteroatoms. The number of anilines is 1. The van der Waals surface area contributed by atoms with E-state index in [0.29, 0.717) is 25.5 Å². The molecule has 0 bridgehead atoms. The lowest BCUT2D eigenvalue weighted by Crippen LogP contribution is -2.53. The van der Waals surface area contributed by atoms with Crippen molar-refractivity contribution in [2.24, 2.45) is 0 Å². The summed E-state index contributed by atoms with van der Waals surface area (Å²) >= 11 is 0. The van der Waals surface area contributed by atoms with Gasteiger partial charge in [0.25, 0.3) is 0 Å². The Bertz CT molecular complexity index is 410. The van der Waals surface area contributed by atoms with Crippen molar-refractivity contribution in [3.05, 3.63) is 24.4 Å². The molecule has 0 unspecified atom stereocenters. The molecule has 0 radical (unpaired) electrons. The van der Waals surface area contributed by atoms with Gasteiger partial charge < -0.3 is 9.64 Å². The van der Waals surface area contributed by atoms with Gasteiger partial charge in [0, 0.05) is 12.7 Å². The molecule has 1 aromatic heterocycles.